The molecule has 22 heavy (non-hydrogen) atoms. The lowest BCUT2D eigenvalue weighted by Gasteiger charge is -2.26. The van der Waals surface area contributed by atoms with Crippen LogP contribution in [0.1, 0.15) is 12.0 Å². The number of benzene rings is 1. The molecule has 0 bridgehead atoms. The summed E-state index contributed by atoms with van der Waals surface area (Å²) in [5.74, 6) is -2.07. The van der Waals surface area contributed by atoms with Crippen LogP contribution in [-0.2, 0) is 9.53 Å². The van der Waals surface area contributed by atoms with E-state index in [0.717, 1.165) is 51.4 Å². The standard InChI is InChI=1S/C16H20F2N2O2/c17-14-4-2-13(12-15(14)18)3-5-16(21)19-6-1-7-20-8-10-22-11-9-20/h2-5,12H,1,6-11H2,(H,19,21). The smallest absolute Gasteiger partial charge is 0.243 e. The van der Waals surface area contributed by atoms with Gasteiger partial charge in [-0.3, -0.25) is 9.69 Å². The van der Waals surface area contributed by atoms with Crippen LogP contribution in [0.2, 0.25) is 0 Å². The summed E-state index contributed by atoms with van der Waals surface area (Å²) in [4.78, 5) is 13.9. The second-order valence-electron chi connectivity index (χ2n) is 5.11. The maximum absolute atomic E-state index is 13.0. The quantitative estimate of drug-likeness (QED) is 0.644. The first-order chi connectivity index (χ1) is 10.6. The van der Waals surface area contributed by atoms with Crippen molar-refractivity contribution in [2.75, 3.05) is 39.4 Å². The molecule has 6 heteroatoms. The molecule has 1 aromatic rings. The summed E-state index contributed by atoms with van der Waals surface area (Å²) in [6.45, 7) is 4.91. The molecule has 0 saturated carbocycles. The summed E-state index contributed by atoms with van der Waals surface area (Å²) in [5.41, 5.74) is 0.447. The molecule has 1 fully saturated rings. The van der Waals surface area contributed by atoms with Crippen LogP contribution in [0.5, 0.6) is 0 Å². The summed E-state index contributed by atoms with van der Waals surface area (Å²) in [6.07, 6.45) is 3.64. The van der Waals surface area contributed by atoms with Crippen molar-refractivity contribution in [1.29, 1.82) is 0 Å². The predicted molar refractivity (Wildman–Crippen MR) is 80.3 cm³/mol. The van der Waals surface area contributed by atoms with E-state index in [1.54, 1.807) is 0 Å². The average Bonchev–Trinajstić information content (AvgIpc) is 2.54. The van der Waals surface area contributed by atoms with Gasteiger partial charge >= 0.3 is 0 Å². The van der Waals surface area contributed by atoms with Gasteiger partial charge in [-0.15, -0.1) is 0 Å². The van der Waals surface area contributed by atoms with Crippen LogP contribution in [0.25, 0.3) is 6.08 Å². The molecule has 0 atom stereocenters. The largest absolute Gasteiger partial charge is 0.379 e. The fraction of sp³-hybridized carbons (Fsp3) is 0.438. The van der Waals surface area contributed by atoms with Crippen LogP contribution in [0, 0.1) is 11.6 Å². The molecule has 0 spiro atoms. The summed E-state index contributed by atoms with van der Waals surface area (Å²) < 4.78 is 31.0. The number of halogens is 2. The molecular formula is C16H20F2N2O2. The van der Waals surface area contributed by atoms with Gasteiger partial charge in [0.25, 0.3) is 0 Å². The molecule has 4 nitrogen and oxygen atoms in total. The predicted octanol–water partition coefficient (Wildman–Crippen LogP) is 1.82. The number of ether oxygens (including phenoxy) is 1. The fourth-order valence-electron chi connectivity index (χ4n) is 2.19. The number of amides is 1. The normalized spacial score (nSPS) is 16.1. The Morgan fingerprint density at radius 2 is 2.05 bits per heavy atom. The van der Waals surface area contributed by atoms with E-state index in [9.17, 15) is 13.6 Å². The zero-order valence-electron chi connectivity index (χ0n) is 12.4. The highest BCUT2D eigenvalue weighted by Crippen LogP contribution is 2.09. The van der Waals surface area contributed by atoms with Gasteiger partial charge in [0.2, 0.25) is 5.91 Å². The van der Waals surface area contributed by atoms with Crippen molar-refractivity contribution in [2.24, 2.45) is 0 Å². The highest BCUT2D eigenvalue weighted by molar-refractivity contribution is 5.91. The zero-order chi connectivity index (χ0) is 15.8. The van der Waals surface area contributed by atoms with Gasteiger partial charge in [-0.25, -0.2) is 8.78 Å². The molecule has 1 N–H and O–H groups in total. The van der Waals surface area contributed by atoms with Crippen LogP contribution in [0.3, 0.4) is 0 Å². The van der Waals surface area contributed by atoms with E-state index in [4.69, 9.17) is 4.74 Å². The summed E-state index contributed by atoms with van der Waals surface area (Å²) in [7, 11) is 0. The molecule has 1 aliphatic rings. The third kappa shape index (κ3) is 5.54. The van der Waals surface area contributed by atoms with Crippen LogP contribution in [-0.4, -0.2) is 50.2 Å². The summed E-state index contributed by atoms with van der Waals surface area (Å²) in [5, 5.41) is 2.77. The maximum atomic E-state index is 13.0. The van der Waals surface area contributed by atoms with Crippen LogP contribution >= 0.6 is 0 Å². The van der Waals surface area contributed by atoms with Crippen LogP contribution < -0.4 is 5.32 Å². The van der Waals surface area contributed by atoms with E-state index < -0.39 is 11.6 Å². The van der Waals surface area contributed by atoms with Crippen LogP contribution in [0.4, 0.5) is 8.78 Å². The first-order valence-corrected chi connectivity index (χ1v) is 7.36. The van der Waals surface area contributed by atoms with Crippen molar-refractivity contribution < 1.29 is 18.3 Å². The molecule has 1 amide bonds. The minimum Gasteiger partial charge on any atom is -0.379 e. The highest BCUT2D eigenvalue weighted by Gasteiger charge is 2.09. The fourth-order valence-corrected chi connectivity index (χ4v) is 2.19. The Kier molecular flexibility index (Phi) is 6.48. The van der Waals surface area contributed by atoms with Crippen molar-refractivity contribution >= 4 is 12.0 Å². The van der Waals surface area contributed by atoms with Gasteiger partial charge < -0.3 is 10.1 Å². The lowest BCUT2D eigenvalue weighted by atomic mass is 10.2. The van der Waals surface area contributed by atoms with Crippen molar-refractivity contribution in [3.63, 3.8) is 0 Å². The maximum Gasteiger partial charge on any atom is 0.243 e. The van der Waals surface area contributed by atoms with E-state index in [1.165, 1.54) is 18.2 Å². The minimum atomic E-state index is -0.923. The molecule has 0 aromatic heterocycles. The second kappa shape index (κ2) is 8.60. The molecule has 1 heterocycles. The molecule has 0 radical (unpaired) electrons. The zero-order valence-corrected chi connectivity index (χ0v) is 12.4. The van der Waals surface area contributed by atoms with Gasteiger partial charge in [0.15, 0.2) is 11.6 Å². The third-order valence-corrected chi connectivity index (χ3v) is 3.42. The second-order valence-corrected chi connectivity index (χ2v) is 5.11. The Labute approximate surface area is 128 Å². The van der Waals surface area contributed by atoms with Crippen molar-refractivity contribution in [3.8, 4) is 0 Å². The van der Waals surface area contributed by atoms with E-state index in [0.29, 0.717) is 12.1 Å². The Morgan fingerprint density at radius 3 is 2.77 bits per heavy atom. The number of morpholine rings is 1. The minimum absolute atomic E-state index is 0.244. The molecule has 0 unspecified atom stereocenters. The van der Waals surface area contributed by atoms with E-state index in [2.05, 4.69) is 10.2 Å². The summed E-state index contributed by atoms with van der Waals surface area (Å²) in [6, 6.07) is 3.51. The van der Waals surface area contributed by atoms with Crippen molar-refractivity contribution in [2.45, 2.75) is 6.42 Å². The number of hydrogen-bond acceptors (Lipinski definition) is 3. The van der Waals surface area contributed by atoms with Gasteiger partial charge in [0.1, 0.15) is 0 Å². The Bertz CT molecular complexity index is 529. The number of nitrogens with zero attached hydrogens (tertiary/aromatic N) is 1. The molecule has 1 saturated heterocycles. The molecule has 2 rings (SSSR count). The molecule has 1 aliphatic heterocycles. The first-order valence-electron chi connectivity index (χ1n) is 7.36. The number of carbonyl (C=O) groups excluding carboxylic acids is 1. The number of carbonyl (C=O) groups is 1. The van der Waals surface area contributed by atoms with Gasteiger partial charge in [-0.1, -0.05) is 6.07 Å². The van der Waals surface area contributed by atoms with Gasteiger partial charge in [0, 0.05) is 25.7 Å². The molecule has 120 valence electrons. The van der Waals surface area contributed by atoms with E-state index >= 15 is 0 Å². The Hall–Kier alpha value is -1.79. The van der Waals surface area contributed by atoms with E-state index in [1.807, 2.05) is 0 Å². The molecule has 0 aliphatic carbocycles. The lowest BCUT2D eigenvalue weighted by molar-refractivity contribution is -0.116. The lowest BCUT2D eigenvalue weighted by Crippen LogP contribution is -2.38. The number of nitrogens with one attached hydrogen (secondary N) is 1. The number of hydrogen-bond donors (Lipinski definition) is 1. The van der Waals surface area contributed by atoms with E-state index in [-0.39, 0.29) is 5.91 Å². The monoisotopic (exact) mass is 310 g/mol. The average molecular weight is 310 g/mol. The molecular weight excluding hydrogens is 290 g/mol. The SMILES string of the molecule is O=C(C=Cc1ccc(F)c(F)c1)NCCCN1CCOCC1. The topological polar surface area (TPSA) is 41.6 Å². The Morgan fingerprint density at radius 1 is 1.27 bits per heavy atom. The van der Waals surface area contributed by atoms with Crippen molar-refractivity contribution in [3.05, 3.63) is 41.5 Å². The van der Waals surface area contributed by atoms with Gasteiger partial charge in [0.05, 0.1) is 13.2 Å². The highest BCUT2D eigenvalue weighted by atomic mass is 19.2. The van der Waals surface area contributed by atoms with Crippen LogP contribution in [0.15, 0.2) is 24.3 Å². The third-order valence-electron chi connectivity index (χ3n) is 3.42. The van der Waals surface area contributed by atoms with Gasteiger partial charge in [-0.2, -0.15) is 0 Å². The number of rotatable bonds is 6. The van der Waals surface area contributed by atoms with Gasteiger partial charge in [-0.05, 0) is 36.7 Å². The summed E-state index contributed by atoms with van der Waals surface area (Å²) >= 11 is 0. The first kappa shape index (κ1) is 16.6. The Balaban J connectivity index is 1.66. The molecule has 1 aromatic carbocycles. The van der Waals surface area contributed by atoms with Crippen molar-refractivity contribution in [1.82, 2.24) is 10.2 Å².